The van der Waals surface area contributed by atoms with Crippen LogP contribution < -0.4 is 10.5 Å². The fourth-order valence-corrected chi connectivity index (χ4v) is 1.15. The molecule has 0 spiro atoms. The largest absolute Gasteiger partial charge is 0.481 e. The van der Waals surface area contributed by atoms with E-state index in [1.165, 1.54) is 0 Å². The molecule has 2 aromatic heterocycles. The topological polar surface area (TPSA) is 73.9 Å². The molecule has 0 saturated carbocycles. The van der Waals surface area contributed by atoms with Crippen LogP contribution in [0, 0.1) is 0 Å². The summed E-state index contributed by atoms with van der Waals surface area (Å²) in [5.74, 6) is 0.974. The van der Waals surface area contributed by atoms with Crippen LogP contribution in [0.15, 0.2) is 30.5 Å². The standard InChI is InChI=1S/C10H10N4O/c1-15-10-5-2-7(6-12-10)8-3-4-9(11)14-13-8/h2-6H,1H3,(H2,11,14). The van der Waals surface area contributed by atoms with Crippen LogP contribution in [0.4, 0.5) is 5.82 Å². The SMILES string of the molecule is COc1ccc(-c2ccc(N)nn2)cn1. The van der Waals surface area contributed by atoms with Gasteiger partial charge < -0.3 is 10.5 Å². The highest BCUT2D eigenvalue weighted by Crippen LogP contribution is 2.17. The van der Waals surface area contributed by atoms with Gasteiger partial charge in [-0.1, -0.05) is 0 Å². The molecule has 0 radical (unpaired) electrons. The smallest absolute Gasteiger partial charge is 0.212 e. The molecule has 5 nitrogen and oxygen atoms in total. The van der Waals surface area contributed by atoms with Gasteiger partial charge >= 0.3 is 0 Å². The van der Waals surface area contributed by atoms with E-state index in [-0.39, 0.29) is 0 Å². The van der Waals surface area contributed by atoms with Crippen molar-refractivity contribution in [2.24, 2.45) is 0 Å². The van der Waals surface area contributed by atoms with Gasteiger partial charge in [0, 0.05) is 17.8 Å². The van der Waals surface area contributed by atoms with Gasteiger partial charge in [-0.3, -0.25) is 0 Å². The molecule has 76 valence electrons. The van der Waals surface area contributed by atoms with Gasteiger partial charge in [-0.05, 0) is 18.2 Å². The number of hydrogen-bond acceptors (Lipinski definition) is 5. The number of pyridine rings is 1. The van der Waals surface area contributed by atoms with Crippen LogP contribution in [-0.2, 0) is 0 Å². The number of methoxy groups -OCH3 is 1. The van der Waals surface area contributed by atoms with E-state index in [1.807, 2.05) is 6.07 Å². The average Bonchev–Trinajstić information content (AvgIpc) is 2.30. The third-order valence-corrected chi connectivity index (χ3v) is 1.93. The lowest BCUT2D eigenvalue weighted by Gasteiger charge is -2.01. The van der Waals surface area contributed by atoms with Crippen molar-refractivity contribution in [3.05, 3.63) is 30.5 Å². The average molecular weight is 202 g/mol. The van der Waals surface area contributed by atoms with Gasteiger partial charge in [-0.25, -0.2) is 4.98 Å². The Labute approximate surface area is 86.9 Å². The summed E-state index contributed by atoms with van der Waals surface area (Å²) in [6, 6.07) is 7.14. The number of rotatable bonds is 2. The molecule has 2 aromatic rings. The maximum absolute atomic E-state index is 5.44. The van der Waals surface area contributed by atoms with Gasteiger partial charge in [0.25, 0.3) is 0 Å². The van der Waals surface area contributed by atoms with Crippen LogP contribution in [0.3, 0.4) is 0 Å². The third kappa shape index (κ3) is 2.01. The van der Waals surface area contributed by atoms with Gasteiger partial charge in [0.2, 0.25) is 5.88 Å². The second kappa shape index (κ2) is 3.91. The molecule has 5 heteroatoms. The number of nitrogens with two attached hydrogens (primary N) is 1. The summed E-state index contributed by atoms with van der Waals surface area (Å²) in [4.78, 5) is 4.07. The van der Waals surface area contributed by atoms with Crippen LogP contribution >= 0.6 is 0 Å². The zero-order valence-corrected chi connectivity index (χ0v) is 8.21. The minimum atomic E-state index is 0.403. The number of hydrogen-bond donors (Lipinski definition) is 1. The van der Waals surface area contributed by atoms with E-state index in [0.29, 0.717) is 11.7 Å². The number of nitrogens with zero attached hydrogens (tertiary/aromatic N) is 3. The van der Waals surface area contributed by atoms with Crippen LogP contribution in [0.2, 0.25) is 0 Å². The Hall–Kier alpha value is -2.17. The fraction of sp³-hybridized carbons (Fsp3) is 0.100. The van der Waals surface area contributed by atoms with Crippen molar-refractivity contribution >= 4 is 5.82 Å². The second-order valence-electron chi connectivity index (χ2n) is 2.93. The quantitative estimate of drug-likeness (QED) is 0.790. The maximum Gasteiger partial charge on any atom is 0.212 e. The Kier molecular flexibility index (Phi) is 2.45. The molecule has 0 atom stereocenters. The van der Waals surface area contributed by atoms with E-state index < -0.39 is 0 Å². The Morgan fingerprint density at radius 1 is 1.13 bits per heavy atom. The molecule has 15 heavy (non-hydrogen) atoms. The summed E-state index contributed by atoms with van der Waals surface area (Å²) in [5.41, 5.74) is 7.05. The van der Waals surface area contributed by atoms with Crippen molar-refractivity contribution in [3.63, 3.8) is 0 Å². The van der Waals surface area contributed by atoms with Gasteiger partial charge in [-0.2, -0.15) is 0 Å². The van der Waals surface area contributed by atoms with Crippen molar-refractivity contribution in [2.75, 3.05) is 12.8 Å². The highest BCUT2D eigenvalue weighted by Gasteiger charge is 2.00. The summed E-state index contributed by atoms with van der Waals surface area (Å²) >= 11 is 0. The molecular formula is C10H10N4O. The Morgan fingerprint density at radius 3 is 2.53 bits per heavy atom. The van der Waals surface area contributed by atoms with E-state index in [0.717, 1.165) is 11.3 Å². The first-order chi connectivity index (χ1) is 7.29. The molecule has 0 saturated heterocycles. The van der Waals surface area contributed by atoms with Crippen molar-refractivity contribution < 1.29 is 4.74 Å². The first kappa shape index (κ1) is 9.39. The lowest BCUT2D eigenvalue weighted by molar-refractivity contribution is 0.398. The van der Waals surface area contributed by atoms with Crippen molar-refractivity contribution in [2.45, 2.75) is 0 Å². The monoisotopic (exact) mass is 202 g/mol. The van der Waals surface area contributed by atoms with E-state index in [2.05, 4.69) is 15.2 Å². The number of ether oxygens (including phenoxy) is 1. The second-order valence-corrected chi connectivity index (χ2v) is 2.93. The Bertz CT molecular complexity index is 438. The first-order valence-electron chi connectivity index (χ1n) is 4.39. The molecule has 2 heterocycles. The normalized spacial score (nSPS) is 9.93. The highest BCUT2D eigenvalue weighted by atomic mass is 16.5. The summed E-state index contributed by atoms with van der Waals surface area (Å²) < 4.78 is 4.96. The minimum Gasteiger partial charge on any atom is -0.481 e. The molecule has 0 amide bonds. The summed E-state index contributed by atoms with van der Waals surface area (Å²) in [7, 11) is 1.57. The highest BCUT2D eigenvalue weighted by molar-refractivity contribution is 5.58. The molecule has 0 fully saturated rings. The van der Waals surface area contributed by atoms with E-state index in [1.54, 1.807) is 31.5 Å². The molecule has 2 N–H and O–H groups in total. The molecule has 0 aliphatic carbocycles. The van der Waals surface area contributed by atoms with E-state index in [9.17, 15) is 0 Å². The molecule has 0 aliphatic heterocycles. The Balaban J connectivity index is 2.33. The van der Waals surface area contributed by atoms with E-state index >= 15 is 0 Å². The Morgan fingerprint density at radius 2 is 2.00 bits per heavy atom. The maximum atomic E-state index is 5.44. The molecule has 0 aliphatic rings. The summed E-state index contributed by atoms with van der Waals surface area (Å²) in [6.45, 7) is 0. The predicted molar refractivity (Wildman–Crippen MR) is 56.2 cm³/mol. The lowest BCUT2D eigenvalue weighted by Crippen LogP contribution is -1.94. The number of nitrogen functional groups attached to an aromatic ring is 1. The third-order valence-electron chi connectivity index (χ3n) is 1.93. The van der Waals surface area contributed by atoms with Gasteiger partial charge in [0.1, 0.15) is 5.82 Å². The zero-order chi connectivity index (χ0) is 10.7. The molecule has 0 aromatic carbocycles. The molecular weight excluding hydrogens is 192 g/mol. The van der Waals surface area contributed by atoms with Crippen molar-refractivity contribution in [1.29, 1.82) is 0 Å². The lowest BCUT2D eigenvalue weighted by atomic mass is 10.2. The van der Waals surface area contributed by atoms with Crippen LogP contribution in [0.25, 0.3) is 11.3 Å². The van der Waals surface area contributed by atoms with Crippen molar-refractivity contribution in [1.82, 2.24) is 15.2 Å². The molecule has 2 rings (SSSR count). The van der Waals surface area contributed by atoms with Crippen LogP contribution in [0.1, 0.15) is 0 Å². The molecule has 0 bridgehead atoms. The van der Waals surface area contributed by atoms with Gasteiger partial charge in [0.15, 0.2) is 0 Å². The molecule has 0 unspecified atom stereocenters. The number of aromatic nitrogens is 3. The summed E-state index contributed by atoms with van der Waals surface area (Å²) in [6.07, 6.45) is 1.68. The van der Waals surface area contributed by atoms with Crippen molar-refractivity contribution in [3.8, 4) is 17.1 Å². The first-order valence-corrected chi connectivity index (χ1v) is 4.39. The number of anilines is 1. The van der Waals surface area contributed by atoms with Gasteiger partial charge in [0.05, 0.1) is 12.8 Å². The predicted octanol–water partition coefficient (Wildman–Crippen LogP) is 1.13. The fourth-order valence-electron chi connectivity index (χ4n) is 1.15. The minimum absolute atomic E-state index is 0.403. The van der Waals surface area contributed by atoms with E-state index in [4.69, 9.17) is 10.5 Å². The van der Waals surface area contributed by atoms with Gasteiger partial charge in [-0.15, -0.1) is 10.2 Å². The zero-order valence-electron chi connectivity index (χ0n) is 8.21. The van der Waals surface area contributed by atoms with Crippen LogP contribution in [0.5, 0.6) is 5.88 Å². The summed E-state index contributed by atoms with van der Waals surface area (Å²) in [5, 5.41) is 7.72. The van der Waals surface area contributed by atoms with Crippen LogP contribution in [-0.4, -0.2) is 22.3 Å².